The van der Waals surface area contributed by atoms with E-state index in [1.807, 2.05) is 17.9 Å². The van der Waals surface area contributed by atoms with Gasteiger partial charge in [-0.25, -0.2) is 0 Å². The minimum absolute atomic E-state index is 0.124. The maximum Gasteiger partial charge on any atom is 0.255 e. The molecule has 2 aliphatic carbocycles. The molecule has 3 aliphatic rings. The van der Waals surface area contributed by atoms with Crippen LogP contribution in [-0.2, 0) is 4.74 Å². The highest BCUT2D eigenvalue weighted by molar-refractivity contribution is 5.94. The maximum absolute atomic E-state index is 12.7. The smallest absolute Gasteiger partial charge is 0.255 e. The molecule has 1 saturated heterocycles. The average Bonchev–Trinajstić information content (AvgIpc) is 3.17. The van der Waals surface area contributed by atoms with Crippen molar-refractivity contribution in [2.75, 3.05) is 13.2 Å². The van der Waals surface area contributed by atoms with Gasteiger partial charge in [0.1, 0.15) is 0 Å². The molecule has 0 spiro atoms. The normalized spacial score (nSPS) is 30.9. The molecule has 0 aromatic carbocycles. The molecule has 112 valence electrons. The van der Waals surface area contributed by atoms with Gasteiger partial charge in [0.15, 0.2) is 0 Å². The van der Waals surface area contributed by atoms with Gasteiger partial charge in [0.25, 0.3) is 5.91 Å². The van der Waals surface area contributed by atoms with Crippen molar-refractivity contribution in [1.29, 1.82) is 0 Å². The largest absolute Gasteiger partial charge is 0.375 e. The van der Waals surface area contributed by atoms with Crippen LogP contribution in [0.1, 0.15) is 41.6 Å². The zero-order valence-electron chi connectivity index (χ0n) is 12.5. The van der Waals surface area contributed by atoms with Crippen LogP contribution in [0.4, 0.5) is 0 Å². The highest BCUT2D eigenvalue weighted by atomic mass is 16.5. The van der Waals surface area contributed by atoms with E-state index in [9.17, 15) is 4.79 Å². The minimum Gasteiger partial charge on any atom is -0.375 e. The third kappa shape index (κ3) is 2.46. The number of carbonyl (C=O) groups is 1. The Hall–Kier alpha value is -1.42. The monoisotopic (exact) mass is 286 g/mol. The second kappa shape index (κ2) is 5.09. The number of carbonyl (C=O) groups excluding carboxylic acids is 1. The van der Waals surface area contributed by atoms with Crippen LogP contribution >= 0.6 is 0 Å². The molecule has 21 heavy (non-hydrogen) atoms. The third-order valence-corrected chi connectivity index (χ3v) is 5.11. The van der Waals surface area contributed by atoms with Gasteiger partial charge >= 0.3 is 0 Å². The first-order chi connectivity index (χ1) is 10.2. The summed E-state index contributed by atoms with van der Waals surface area (Å²) in [6.45, 7) is 3.72. The summed E-state index contributed by atoms with van der Waals surface area (Å²) >= 11 is 0. The lowest BCUT2D eigenvalue weighted by molar-refractivity contribution is 0.0208. The molecule has 4 nitrogen and oxygen atoms in total. The number of piperidine rings is 1. The molecule has 1 aromatic rings. The Balaban J connectivity index is 1.47. The number of aromatic nitrogens is 1. The van der Waals surface area contributed by atoms with Crippen LogP contribution in [0.3, 0.4) is 0 Å². The number of fused-ring (bicyclic) bond motifs is 2. The standard InChI is InChI=1S/C17H22N2O2/c1-11-6-14(8-18-7-11)17(20)19-9-13-4-5-15(19)16(13)21-10-12-2-3-12/h6-8,12-13,15-16H,2-5,9-10H2,1H3/t13-,15+,16-/m1/s1. The fourth-order valence-corrected chi connectivity index (χ4v) is 3.79. The van der Waals surface area contributed by atoms with Gasteiger partial charge in [-0.2, -0.15) is 0 Å². The van der Waals surface area contributed by atoms with Gasteiger partial charge in [-0.05, 0) is 50.2 Å². The molecular weight excluding hydrogens is 264 g/mol. The Morgan fingerprint density at radius 3 is 2.95 bits per heavy atom. The third-order valence-electron chi connectivity index (χ3n) is 5.11. The number of hydrogen-bond acceptors (Lipinski definition) is 3. The van der Waals surface area contributed by atoms with Crippen LogP contribution in [0, 0.1) is 18.8 Å². The van der Waals surface area contributed by atoms with E-state index in [0.29, 0.717) is 11.5 Å². The number of pyridine rings is 1. The Bertz CT molecular complexity index is 555. The first-order valence-electron chi connectivity index (χ1n) is 8.06. The highest BCUT2D eigenvalue weighted by Crippen LogP contribution is 2.41. The SMILES string of the molecule is Cc1cncc(C(=O)N2C[C@H]3CC[C@H]2[C@@H]3OCC2CC2)c1. The summed E-state index contributed by atoms with van der Waals surface area (Å²) in [5.74, 6) is 1.45. The zero-order valence-corrected chi connectivity index (χ0v) is 12.5. The van der Waals surface area contributed by atoms with Gasteiger partial charge in [-0.3, -0.25) is 9.78 Å². The lowest BCUT2D eigenvalue weighted by Crippen LogP contribution is -2.40. The van der Waals surface area contributed by atoms with Crippen LogP contribution in [0.25, 0.3) is 0 Å². The molecule has 3 fully saturated rings. The Labute approximate surface area is 125 Å². The molecule has 2 bridgehead atoms. The molecule has 2 heterocycles. The van der Waals surface area contributed by atoms with E-state index in [2.05, 4.69) is 4.98 Å². The van der Waals surface area contributed by atoms with Crippen molar-refractivity contribution in [2.45, 2.75) is 44.8 Å². The van der Waals surface area contributed by atoms with Crippen molar-refractivity contribution < 1.29 is 9.53 Å². The lowest BCUT2D eigenvalue weighted by atomic mass is 10.1. The van der Waals surface area contributed by atoms with E-state index in [0.717, 1.165) is 31.1 Å². The molecule has 3 atom stereocenters. The summed E-state index contributed by atoms with van der Waals surface area (Å²) in [5, 5.41) is 0. The van der Waals surface area contributed by atoms with E-state index < -0.39 is 0 Å². The lowest BCUT2D eigenvalue weighted by Gasteiger charge is -2.27. The summed E-state index contributed by atoms with van der Waals surface area (Å²) in [4.78, 5) is 18.9. The fraction of sp³-hybridized carbons (Fsp3) is 0.647. The van der Waals surface area contributed by atoms with Gasteiger partial charge in [0.05, 0.1) is 17.7 Å². The number of amides is 1. The van der Waals surface area contributed by atoms with Crippen LogP contribution in [0.15, 0.2) is 18.5 Å². The molecule has 4 heteroatoms. The predicted octanol–water partition coefficient (Wildman–Crippen LogP) is 2.42. The molecule has 0 N–H and O–H groups in total. The van der Waals surface area contributed by atoms with Gasteiger partial charge in [0, 0.05) is 31.5 Å². The summed E-state index contributed by atoms with van der Waals surface area (Å²) in [7, 11) is 0. The maximum atomic E-state index is 12.7. The van der Waals surface area contributed by atoms with E-state index in [-0.39, 0.29) is 18.1 Å². The minimum atomic E-state index is 0.124. The molecule has 0 unspecified atom stereocenters. The average molecular weight is 286 g/mol. The number of likely N-dealkylation sites (tertiary alicyclic amines) is 1. The van der Waals surface area contributed by atoms with Crippen LogP contribution in [0.5, 0.6) is 0 Å². The van der Waals surface area contributed by atoms with Crippen molar-refractivity contribution >= 4 is 5.91 Å². The second-order valence-electron chi connectivity index (χ2n) is 6.85. The molecule has 1 aromatic heterocycles. The summed E-state index contributed by atoms with van der Waals surface area (Å²) in [6.07, 6.45) is 8.67. The van der Waals surface area contributed by atoms with E-state index in [4.69, 9.17) is 4.74 Å². The quantitative estimate of drug-likeness (QED) is 0.853. The summed E-state index contributed by atoms with van der Waals surface area (Å²) < 4.78 is 6.14. The molecular formula is C17H22N2O2. The van der Waals surface area contributed by atoms with Gasteiger partial charge in [-0.15, -0.1) is 0 Å². The Kier molecular flexibility index (Phi) is 3.21. The number of ether oxygens (including phenoxy) is 1. The van der Waals surface area contributed by atoms with Crippen LogP contribution < -0.4 is 0 Å². The Morgan fingerprint density at radius 1 is 1.33 bits per heavy atom. The van der Waals surface area contributed by atoms with E-state index >= 15 is 0 Å². The fourth-order valence-electron chi connectivity index (χ4n) is 3.79. The van der Waals surface area contributed by atoms with Crippen molar-refractivity contribution in [3.63, 3.8) is 0 Å². The topological polar surface area (TPSA) is 42.4 Å². The molecule has 4 rings (SSSR count). The number of aryl methyl sites for hydroxylation is 1. The Morgan fingerprint density at radius 2 is 2.19 bits per heavy atom. The first-order valence-corrected chi connectivity index (χ1v) is 8.06. The van der Waals surface area contributed by atoms with E-state index in [1.165, 1.54) is 19.3 Å². The number of nitrogens with zero attached hydrogens (tertiary/aromatic N) is 2. The van der Waals surface area contributed by atoms with E-state index in [1.54, 1.807) is 12.4 Å². The summed E-state index contributed by atoms with van der Waals surface area (Å²) in [5.41, 5.74) is 1.75. The highest BCUT2D eigenvalue weighted by Gasteiger charge is 2.49. The van der Waals surface area contributed by atoms with Crippen molar-refractivity contribution in [3.8, 4) is 0 Å². The first kappa shape index (κ1) is 13.3. The van der Waals surface area contributed by atoms with Crippen molar-refractivity contribution in [3.05, 3.63) is 29.6 Å². The predicted molar refractivity (Wildman–Crippen MR) is 79.0 cm³/mol. The van der Waals surface area contributed by atoms with Crippen molar-refractivity contribution in [1.82, 2.24) is 9.88 Å². The van der Waals surface area contributed by atoms with Crippen molar-refractivity contribution in [2.24, 2.45) is 11.8 Å². The molecule has 1 amide bonds. The van der Waals surface area contributed by atoms with Crippen LogP contribution in [0.2, 0.25) is 0 Å². The van der Waals surface area contributed by atoms with Gasteiger partial charge < -0.3 is 9.64 Å². The number of hydrogen-bond donors (Lipinski definition) is 0. The van der Waals surface area contributed by atoms with Gasteiger partial charge in [-0.1, -0.05) is 0 Å². The number of rotatable bonds is 4. The molecule has 1 aliphatic heterocycles. The van der Waals surface area contributed by atoms with Crippen LogP contribution in [-0.4, -0.2) is 41.1 Å². The molecule has 2 saturated carbocycles. The molecule has 0 radical (unpaired) electrons. The van der Waals surface area contributed by atoms with Gasteiger partial charge in [0.2, 0.25) is 0 Å². The second-order valence-corrected chi connectivity index (χ2v) is 6.85. The zero-order chi connectivity index (χ0) is 14.4. The summed E-state index contributed by atoms with van der Waals surface area (Å²) in [6, 6.07) is 2.21.